The maximum Gasteiger partial charge on any atom is 0.172 e. The quantitative estimate of drug-likeness (QED) is 0.777. The van der Waals surface area contributed by atoms with Crippen molar-refractivity contribution in [1.29, 1.82) is 0 Å². The first-order valence-corrected chi connectivity index (χ1v) is 6.85. The molecular formula is C15H22N2O3. The highest BCUT2D eigenvalue weighted by molar-refractivity contribution is 5.81. The Bertz CT molecular complexity index is 425. The van der Waals surface area contributed by atoms with Gasteiger partial charge in [0.1, 0.15) is 12.4 Å². The minimum absolute atomic E-state index is 0.144. The van der Waals surface area contributed by atoms with E-state index in [4.69, 9.17) is 9.47 Å². The molecule has 0 aliphatic carbocycles. The van der Waals surface area contributed by atoms with Crippen molar-refractivity contribution in [2.24, 2.45) is 0 Å². The molecule has 0 bridgehead atoms. The summed E-state index contributed by atoms with van der Waals surface area (Å²) in [7, 11) is 3.23. The molecule has 1 fully saturated rings. The number of carbonyl (C=O) groups excluding carboxylic acids is 1. The van der Waals surface area contributed by atoms with Gasteiger partial charge in [0.25, 0.3) is 0 Å². The van der Waals surface area contributed by atoms with E-state index in [9.17, 15) is 4.79 Å². The summed E-state index contributed by atoms with van der Waals surface area (Å²) in [4.78, 5) is 16.1. The van der Waals surface area contributed by atoms with Gasteiger partial charge in [-0.05, 0) is 24.3 Å². The molecule has 1 aromatic carbocycles. The Kier molecular flexibility index (Phi) is 5.38. The van der Waals surface area contributed by atoms with Crippen molar-refractivity contribution in [3.05, 3.63) is 24.3 Å². The van der Waals surface area contributed by atoms with Gasteiger partial charge in [-0.1, -0.05) is 0 Å². The highest BCUT2D eigenvalue weighted by atomic mass is 16.5. The number of Topliss-reactive ketones (excluding diaryl/α,β-unsaturated/α-hetero) is 1. The fourth-order valence-electron chi connectivity index (χ4n) is 2.41. The Morgan fingerprint density at radius 2 is 1.75 bits per heavy atom. The summed E-state index contributed by atoms with van der Waals surface area (Å²) in [5.41, 5.74) is 1.20. The summed E-state index contributed by atoms with van der Waals surface area (Å²) in [6.45, 7) is 4.38. The summed E-state index contributed by atoms with van der Waals surface area (Å²) in [6, 6.07) is 8.10. The Balaban J connectivity index is 1.82. The zero-order chi connectivity index (χ0) is 14.4. The van der Waals surface area contributed by atoms with Crippen LogP contribution in [0.5, 0.6) is 5.75 Å². The number of hydrogen-bond acceptors (Lipinski definition) is 5. The summed E-state index contributed by atoms with van der Waals surface area (Å²) in [5.74, 6) is 1.02. The molecule has 20 heavy (non-hydrogen) atoms. The summed E-state index contributed by atoms with van der Waals surface area (Å²) < 4.78 is 10.0. The fourth-order valence-corrected chi connectivity index (χ4v) is 2.41. The zero-order valence-corrected chi connectivity index (χ0v) is 12.2. The number of piperazine rings is 1. The van der Waals surface area contributed by atoms with Crippen molar-refractivity contribution >= 4 is 11.5 Å². The van der Waals surface area contributed by atoms with E-state index in [2.05, 4.69) is 21.9 Å². The first-order valence-electron chi connectivity index (χ1n) is 6.85. The van der Waals surface area contributed by atoms with Gasteiger partial charge >= 0.3 is 0 Å². The van der Waals surface area contributed by atoms with E-state index in [0.717, 1.165) is 31.9 Å². The average Bonchev–Trinajstić information content (AvgIpc) is 2.48. The molecule has 0 saturated carbocycles. The van der Waals surface area contributed by atoms with Crippen LogP contribution in [0.2, 0.25) is 0 Å². The van der Waals surface area contributed by atoms with Crippen LogP contribution in [0.3, 0.4) is 0 Å². The van der Waals surface area contributed by atoms with Crippen molar-refractivity contribution in [1.82, 2.24) is 4.90 Å². The zero-order valence-electron chi connectivity index (χ0n) is 12.2. The first kappa shape index (κ1) is 14.8. The number of ether oxygens (including phenoxy) is 2. The minimum atomic E-state index is 0.144. The normalized spacial score (nSPS) is 16.2. The van der Waals surface area contributed by atoms with Gasteiger partial charge in [-0.3, -0.25) is 9.69 Å². The molecule has 1 aliphatic heterocycles. The van der Waals surface area contributed by atoms with Crippen LogP contribution in [0.25, 0.3) is 0 Å². The van der Waals surface area contributed by atoms with Gasteiger partial charge in [-0.2, -0.15) is 0 Å². The van der Waals surface area contributed by atoms with Crippen molar-refractivity contribution < 1.29 is 14.3 Å². The summed E-state index contributed by atoms with van der Waals surface area (Å²) in [6.07, 6.45) is 0. The van der Waals surface area contributed by atoms with Crippen LogP contribution in [-0.4, -0.2) is 64.2 Å². The first-order chi connectivity index (χ1) is 9.72. The van der Waals surface area contributed by atoms with Gasteiger partial charge in [-0.25, -0.2) is 0 Å². The van der Waals surface area contributed by atoms with Crippen molar-refractivity contribution in [2.45, 2.75) is 0 Å². The summed E-state index contributed by atoms with van der Waals surface area (Å²) in [5, 5.41) is 0. The number of hydrogen-bond donors (Lipinski definition) is 0. The van der Waals surface area contributed by atoms with Crippen LogP contribution in [0, 0.1) is 0 Å². The van der Waals surface area contributed by atoms with E-state index in [1.165, 1.54) is 5.69 Å². The second kappa shape index (κ2) is 7.26. The van der Waals surface area contributed by atoms with Gasteiger partial charge in [0.15, 0.2) is 5.78 Å². The molecule has 1 heterocycles. The lowest BCUT2D eigenvalue weighted by atomic mass is 10.2. The Morgan fingerprint density at radius 3 is 2.30 bits per heavy atom. The number of rotatable bonds is 6. The fraction of sp³-hybridized carbons (Fsp3) is 0.533. The molecule has 2 rings (SSSR count). The number of ketones is 1. The van der Waals surface area contributed by atoms with Gasteiger partial charge < -0.3 is 14.4 Å². The van der Waals surface area contributed by atoms with Crippen LogP contribution in [-0.2, 0) is 9.53 Å². The van der Waals surface area contributed by atoms with Crippen LogP contribution in [0.1, 0.15) is 0 Å². The molecule has 0 N–H and O–H groups in total. The van der Waals surface area contributed by atoms with E-state index in [1.54, 1.807) is 14.2 Å². The van der Waals surface area contributed by atoms with Crippen LogP contribution < -0.4 is 9.64 Å². The average molecular weight is 278 g/mol. The van der Waals surface area contributed by atoms with Gasteiger partial charge in [0.2, 0.25) is 0 Å². The molecule has 0 radical (unpaired) electrons. The molecule has 1 saturated heterocycles. The van der Waals surface area contributed by atoms with E-state index < -0.39 is 0 Å². The third kappa shape index (κ3) is 3.95. The smallest absolute Gasteiger partial charge is 0.172 e. The summed E-state index contributed by atoms with van der Waals surface area (Å²) >= 11 is 0. The number of anilines is 1. The Morgan fingerprint density at radius 1 is 1.10 bits per heavy atom. The molecule has 1 aromatic rings. The predicted molar refractivity (Wildman–Crippen MR) is 78.5 cm³/mol. The molecule has 0 atom stereocenters. The lowest BCUT2D eigenvalue weighted by molar-refractivity contribution is -0.123. The van der Waals surface area contributed by atoms with Crippen LogP contribution >= 0.6 is 0 Å². The molecule has 5 nitrogen and oxygen atoms in total. The monoisotopic (exact) mass is 278 g/mol. The Hall–Kier alpha value is -1.59. The minimum Gasteiger partial charge on any atom is -0.497 e. The SMILES string of the molecule is COCC(=O)CN1CCN(c2ccc(OC)cc2)CC1. The molecular weight excluding hydrogens is 256 g/mol. The maximum atomic E-state index is 11.5. The molecule has 1 aliphatic rings. The van der Waals surface area contributed by atoms with Gasteiger partial charge in [0.05, 0.1) is 13.7 Å². The van der Waals surface area contributed by atoms with E-state index >= 15 is 0 Å². The van der Waals surface area contributed by atoms with Crippen LogP contribution in [0.15, 0.2) is 24.3 Å². The van der Waals surface area contributed by atoms with E-state index in [0.29, 0.717) is 6.54 Å². The Labute approximate surface area is 120 Å². The topological polar surface area (TPSA) is 42.0 Å². The van der Waals surface area contributed by atoms with Gasteiger partial charge in [-0.15, -0.1) is 0 Å². The number of nitrogens with zero attached hydrogens (tertiary/aromatic N) is 2. The second-order valence-electron chi connectivity index (χ2n) is 4.93. The lowest BCUT2D eigenvalue weighted by Gasteiger charge is -2.35. The molecule has 5 heteroatoms. The lowest BCUT2D eigenvalue weighted by Crippen LogP contribution is -2.48. The molecule has 110 valence electrons. The second-order valence-corrected chi connectivity index (χ2v) is 4.93. The molecule has 0 unspecified atom stereocenters. The number of carbonyl (C=O) groups is 1. The highest BCUT2D eigenvalue weighted by Gasteiger charge is 2.19. The number of methoxy groups -OCH3 is 2. The van der Waals surface area contributed by atoms with Crippen molar-refractivity contribution in [3.63, 3.8) is 0 Å². The van der Waals surface area contributed by atoms with Crippen molar-refractivity contribution in [3.8, 4) is 5.75 Å². The maximum absolute atomic E-state index is 11.5. The van der Waals surface area contributed by atoms with Crippen LogP contribution in [0.4, 0.5) is 5.69 Å². The molecule has 0 spiro atoms. The molecule has 0 aromatic heterocycles. The third-order valence-electron chi connectivity index (χ3n) is 3.52. The molecule has 0 amide bonds. The third-order valence-corrected chi connectivity index (χ3v) is 3.52. The van der Waals surface area contributed by atoms with Gasteiger partial charge in [0, 0.05) is 39.0 Å². The largest absolute Gasteiger partial charge is 0.497 e. The van der Waals surface area contributed by atoms with E-state index in [1.807, 2.05) is 12.1 Å². The highest BCUT2D eigenvalue weighted by Crippen LogP contribution is 2.20. The standard InChI is InChI=1S/C15H22N2O3/c1-19-12-14(18)11-16-7-9-17(10-8-16)13-3-5-15(20-2)6-4-13/h3-6H,7-12H2,1-2H3. The van der Waals surface area contributed by atoms with E-state index in [-0.39, 0.29) is 12.4 Å². The predicted octanol–water partition coefficient (Wildman–Crippen LogP) is 1.03. The van der Waals surface area contributed by atoms with Crippen molar-refractivity contribution in [2.75, 3.05) is 58.5 Å². The number of benzene rings is 1.